The molecule has 7 nitrogen and oxygen atoms in total. The molecule has 1 amide bonds. The van der Waals surface area contributed by atoms with E-state index in [0.29, 0.717) is 23.6 Å². The number of nitrogens with zero attached hydrogens (tertiary/aromatic N) is 2. The minimum absolute atomic E-state index is 0.0855. The summed E-state index contributed by atoms with van der Waals surface area (Å²) in [5.41, 5.74) is 1.20. The summed E-state index contributed by atoms with van der Waals surface area (Å²) in [5.74, 6) is 1.04. The summed E-state index contributed by atoms with van der Waals surface area (Å²) in [4.78, 5) is 25.2. The van der Waals surface area contributed by atoms with Gasteiger partial charge in [-0.3, -0.25) is 14.9 Å². The highest BCUT2D eigenvalue weighted by Gasteiger charge is 2.31. The lowest BCUT2D eigenvalue weighted by Gasteiger charge is -2.25. The van der Waals surface area contributed by atoms with Gasteiger partial charge in [-0.1, -0.05) is 12.1 Å². The quantitative estimate of drug-likeness (QED) is 0.604. The number of methoxy groups -OCH3 is 2. The zero-order valence-electron chi connectivity index (χ0n) is 14.7. The van der Waals surface area contributed by atoms with Crippen molar-refractivity contribution in [2.24, 2.45) is 0 Å². The molecule has 1 atom stereocenters. The lowest BCUT2D eigenvalue weighted by molar-refractivity contribution is -0.384. The smallest absolute Gasteiger partial charge is 0.270 e. The Labute approximate surface area is 151 Å². The fraction of sp³-hybridized carbons (Fsp3) is 0.316. The number of carbonyl (C=O) groups excluding carboxylic acids is 1. The molecule has 3 rings (SSSR count). The van der Waals surface area contributed by atoms with Crippen LogP contribution in [0.3, 0.4) is 0 Å². The third kappa shape index (κ3) is 3.33. The first kappa shape index (κ1) is 17.7. The van der Waals surface area contributed by atoms with Crippen LogP contribution in [0.2, 0.25) is 0 Å². The molecule has 1 aliphatic rings. The number of benzene rings is 2. The maximum absolute atomic E-state index is 12.9. The summed E-state index contributed by atoms with van der Waals surface area (Å²) >= 11 is 0. The molecule has 0 spiro atoms. The van der Waals surface area contributed by atoms with Crippen molar-refractivity contribution in [1.82, 2.24) is 4.90 Å². The number of hydrogen-bond acceptors (Lipinski definition) is 5. The van der Waals surface area contributed by atoms with Crippen molar-refractivity contribution >= 4 is 11.6 Å². The molecule has 0 aromatic heterocycles. The second-order valence-corrected chi connectivity index (χ2v) is 6.08. The van der Waals surface area contributed by atoms with Crippen LogP contribution in [0, 0.1) is 10.1 Å². The Morgan fingerprint density at radius 1 is 1.15 bits per heavy atom. The Bertz CT molecular complexity index is 836. The summed E-state index contributed by atoms with van der Waals surface area (Å²) in [6.45, 7) is 0.612. The molecule has 26 heavy (non-hydrogen) atoms. The minimum Gasteiger partial charge on any atom is -0.493 e. The Hall–Kier alpha value is -3.09. The number of ether oxygens (including phenoxy) is 2. The van der Waals surface area contributed by atoms with E-state index in [-0.39, 0.29) is 17.6 Å². The molecule has 0 aliphatic carbocycles. The van der Waals surface area contributed by atoms with Gasteiger partial charge < -0.3 is 14.4 Å². The molecule has 7 heteroatoms. The molecular weight excluding hydrogens is 336 g/mol. The van der Waals surface area contributed by atoms with Crippen molar-refractivity contribution in [3.05, 3.63) is 63.7 Å². The maximum Gasteiger partial charge on any atom is 0.270 e. The van der Waals surface area contributed by atoms with Gasteiger partial charge in [0.25, 0.3) is 11.6 Å². The average molecular weight is 356 g/mol. The van der Waals surface area contributed by atoms with Gasteiger partial charge in [-0.2, -0.15) is 0 Å². The Morgan fingerprint density at radius 3 is 2.62 bits per heavy atom. The number of nitro benzene ring substituents is 1. The summed E-state index contributed by atoms with van der Waals surface area (Å²) < 4.78 is 10.6. The van der Waals surface area contributed by atoms with Gasteiger partial charge in [-0.15, -0.1) is 0 Å². The van der Waals surface area contributed by atoms with Gasteiger partial charge in [-0.25, -0.2) is 0 Å². The zero-order chi connectivity index (χ0) is 18.7. The van der Waals surface area contributed by atoms with E-state index in [9.17, 15) is 14.9 Å². The summed E-state index contributed by atoms with van der Waals surface area (Å²) in [6.07, 6.45) is 1.70. The van der Waals surface area contributed by atoms with Crippen molar-refractivity contribution in [1.29, 1.82) is 0 Å². The van der Waals surface area contributed by atoms with Crippen LogP contribution in [0.4, 0.5) is 5.69 Å². The van der Waals surface area contributed by atoms with E-state index in [4.69, 9.17) is 9.47 Å². The van der Waals surface area contributed by atoms with Crippen molar-refractivity contribution in [3.63, 3.8) is 0 Å². The van der Waals surface area contributed by atoms with Crippen molar-refractivity contribution in [3.8, 4) is 11.5 Å². The van der Waals surface area contributed by atoms with E-state index >= 15 is 0 Å². The van der Waals surface area contributed by atoms with E-state index in [1.165, 1.54) is 18.2 Å². The average Bonchev–Trinajstić information content (AvgIpc) is 3.16. The minimum atomic E-state index is -0.493. The molecule has 0 saturated carbocycles. The van der Waals surface area contributed by atoms with E-state index in [0.717, 1.165) is 18.4 Å². The highest BCUT2D eigenvalue weighted by Crippen LogP contribution is 2.37. The number of non-ortho nitro benzene ring substituents is 1. The van der Waals surface area contributed by atoms with Crippen LogP contribution in [0.15, 0.2) is 42.5 Å². The molecule has 1 unspecified atom stereocenters. The molecule has 2 aromatic carbocycles. The third-order valence-electron chi connectivity index (χ3n) is 4.61. The van der Waals surface area contributed by atoms with Crippen LogP contribution >= 0.6 is 0 Å². The normalized spacial score (nSPS) is 16.4. The lowest BCUT2D eigenvalue weighted by Crippen LogP contribution is -2.30. The van der Waals surface area contributed by atoms with Gasteiger partial charge in [0, 0.05) is 24.2 Å². The van der Waals surface area contributed by atoms with Crippen molar-refractivity contribution in [2.45, 2.75) is 18.9 Å². The van der Waals surface area contributed by atoms with Gasteiger partial charge in [0.15, 0.2) is 11.5 Å². The SMILES string of the molecule is COc1ccc(C2CCCN2C(=O)c2cccc([N+](=O)[O-])c2)cc1OC. The lowest BCUT2D eigenvalue weighted by atomic mass is 10.0. The van der Waals surface area contributed by atoms with Crippen molar-refractivity contribution < 1.29 is 19.2 Å². The second-order valence-electron chi connectivity index (χ2n) is 6.08. The predicted octanol–water partition coefficient (Wildman–Crippen LogP) is 3.59. The second kappa shape index (κ2) is 7.43. The number of amides is 1. The van der Waals surface area contributed by atoms with Crippen LogP contribution in [0.1, 0.15) is 34.8 Å². The van der Waals surface area contributed by atoms with E-state index in [1.807, 2.05) is 18.2 Å². The van der Waals surface area contributed by atoms with Crippen LogP contribution in [0.5, 0.6) is 11.5 Å². The molecule has 1 saturated heterocycles. The predicted molar refractivity (Wildman–Crippen MR) is 95.7 cm³/mol. The fourth-order valence-electron chi connectivity index (χ4n) is 3.33. The number of nitro groups is 1. The largest absolute Gasteiger partial charge is 0.493 e. The topological polar surface area (TPSA) is 81.9 Å². The Kier molecular flexibility index (Phi) is 5.06. The Balaban J connectivity index is 1.89. The first-order valence-corrected chi connectivity index (χ1v) is 8.32. The molecule has 0 bridgehead atoms. The number of carbonyl (C=O) groups is 1. The molecule has 0 radical (unpaired) electrons. The molecule has 1 fully saturated rings. The zero-order valence-corrected chi connectivity index (χ0v) is 14.7. The summed E-state index contributed by atoms with van der Waals surface area (Å²) in [7, 11) is 3.15. The number of likely N-dealkylation sites (tertiary alicyclic amines) is 1. The van der Waals surface area contributed by atoms with Gasteiger partial charge in [0.2, 0.25) is 0 Å². The van der Waals surface area contributed by atoms with Gasteiger partial charge >= 0.3 is 0 Å². The fourth-order valence-corrected chi connectivity index (χ4v) is 3.33. The van der Waals surface area contributed by atoms with E-state index in [2.05, 4.69) is 0 Å². The Morgan fingerprint density at radius 2 is 1.92 bits per heavy atom. The monoisotopic (exact) mass is 356 g/mol. The third-order valence-corrected chi connectivity index (χ3v) is 4.61. The first-order valence-electron chi connectivity index (χ1n) is 8.32. The highest BCUT2D eigenvalue weighted by molar-refractivity contribution is 5.95. The van der Waals surface area contributed by atoms with Crippen LogP contribution < -0.4 is 9.47 Å². The summed E-state index contributed by atoms with van der Waals surface area (Å²) in [6, 6.07) is 11.4. The number of hydrogen-bond donors (Lipinski definition) is 0. The molecule has 1 aliphatic heterocycles. The number of rotatable bonds is 5. The van der Waals surface area contributed by atoms with Crippen LogP contribution in [-0.4, -0.2) is 36.5 Å². The first-order chi connectivity index (χ1) is 12.5. The van der Waals surface area contributed by atoms with Crippen molar-refractivity contribution in [2.75, 3.05) is 20.8 Å². The molecule has 136 valence electrons. The van der Waals surface area contributed by atoms with Gasteiger partial charge in [-0.05, 0) is 36.6 Å². The van der Waals surface area contributed by atoms with E-state index < -0.39 is 4.92 Å². The van der Waals surface area contributed by atoms with Crippen LogP contribution in [0.25, 0.3) is 0 Å². The highest BCUT2D eigenvalue weighted by atomic mass is 16.6. The molecule has 2 aromatic rings. The summed E-state index contributed by atoms with van der Waals surface area (Å²) in [5, 5.41) is 11.0. The maximum atomic E-state index is 12.9. The van der Waals surface area contributed by atoms with E-state index in [1.54, 1.807) is 25.2 Å². The molecule has 0 N–H and O–H groups in total. The molecule has 1 heterocycles. The van der Waals surface area contributed by atoms with Gasteiger partial charge in [0.05, 0.1) is 25.2 Å². The van der Waals surface area contributed by atoms with Gasteiger partial charge in [0.1, 0.15) is 0 Å². The molecular formula is C19H20N2O5. The standard InChI is InChI=1S/C19H20N2O5/c1-25-17-9-8-13(12-18(17)26-2)16-7-4-10-20(16)19(22)14-5-3-6-15(11-14)21(23)24/h3,5-6,8-9,11-12,16H,4,7,10H2,1-2H3. The van der Waals surface area contributed by atoms with Crippen LogP contribution in [-0.2, 0) is 0 Å².